The van der Waals surface area contributed by atoms with Crippen LogP contribution in [0.25, 0.3) is 0 Å². The molecule has 0 heterocycles. The third-order valence-electron chi connectivity index (χ3n) is 2.27. The van der Waals surface area contributed by atoms with Gasteiger partial charge in [0.2, 0.25) is 0 Å². The van der Waals surface area contributed by atoms with Gasteiger partial charge in [-0.2, -0.15) is 0 Å². The van der Waals surface area contributed by atoms with Crippen LogP contribution in [0, 0.1) is 11.6 Å². The van der Waals surface area contributed by atoms with Gasteiger partial charge in [-0.1, -0.05) is 12.1 Å². The monoisotopic (exact) mass is 220 g/mol. The topological polar surface area (TPSA) is 20.2 Å². The first-order valence-electron chi connectivity index (χ1n) is 4.86. The van der Waals surface area contributed by atoms with Crippen molar-refractivity contribution in [1.82, 2.24) is 0 Å². The molecule has 0 aliphatic heterocycles. The van der Waals surface area contributed by atoms with E-state index in [0.29, 0.717) is 12.0 Å². The first-order valence-corrected chi connectivity index (χ1v) is 4.86. The van der Waals surface area contributed by atoms with Crippen LogP contribution in [0.2, 0.25) is 0 Å². The minimum absolute atomic E-state index is 0.175. The van der Waals surface area contributed by atoms with Crippen LogP contribution in [0.3, 0.4) is 0 Å². The molecule has 0 atom stereocenters. The zero-order valence-electron chi connectivity index (χ0n) is 8.45. The quantitative estimate of drug-likeness (QED) is 0.823. The molecule has 0 fully saturated rings. The van der Waals surface area contributed by atoms with Crippen LogP contribution in [0.5, 0.6) is 5.75 Å². The molecule has 1 nitrogen and oxygen atoms in total. The molecule has 2 aromatic rings. The van der Waals surface area contributed by atoms with Crippen molar-refractivity contribution in [3.8, 4) is 5.75 Å². The summed E-state index contributed by atoms with van der Waals surface area (Å²) in [5.41, 5.74) is 1.46. The SMILES string of the molecule is Oc1ccc(Cc2cc(F)cc(F)c2)cc1. The predicted octanol–water partition coefficient (Wildman–Crippen LogP) is 3.26. The smallest absolute Gasteiger partial charge is 0.126 e. The predicted molar refractivity (Wildman–Crippen MR) is 57.3 cm³/mol. The summed E-state index contributed by atoms with van der Waals surface area (Å²) in [6.45, 7) is 0. The lowest BCUT2D eigenvalue weighted by Crippen LogP contribution is -1.90. The molecule has 1 N–H and O–H groups in total. The molecule has 16 heavy (non-hydrogen) atoms. The highest BCUT2D eigenvalue weighted by Crippen LogP contribution is 2.15. The van der Waals surface area contributed by atoms with Crippen LogP contribution >= 0.6 is 0 Å². The van der Waals surface area contributed by atoms with Crippen LogP contribution < -0.4 is 0 Å². The summed E-state index contributed by atoms with van der Waals surface area (Å²) >= 11 is 0. The van der Waals surface area contributed by atoms with Crippen molar-refractivity contribution in [2.45, 2.75) is 6.42 Å². The summed E-state index contributed by atoms with van der Waals surface area (Å²) in [7, 11) is 0. The van der Waals surface area contributed by atoms with Crippen LogP contribution in [0.1, 0.15) is 11.1 Å². The minimum Gasteiger partial charge on any atom is -0.508 e. The second kappa shape index (κ2) is 4.31. The van der Waals surface area contributed by atoms with Gasteiger partial charge in [-0.25, -0.2) is 8.78 Å². The fourth-order valence-electron chi connectivity index (χ4n) is 1.56. The molecule has 0 amide bonds. The molecule has 0 bridgehead atoms. The number of phenols is 1. The van der Waals surface area contributed by atoms with E-state index in [9.17, 15) is 8.78 Å². The minimum atomic E-state index is -0.575. The van der Waals surface area contributed by atoms with E-state index < -0.39 is 11.6 Å². The van der Waals surface area contributed by atoms with Gasteiger partial charge in [0.1, 0.15) is 17.4 Å². The molecular weight excluding hydrogens is 210 g/mol. The lowest BCUT2D eigenvalue weighted by molar-refractivity contribution is 0.475. The standard InChI is InChI=1S/C13H10F2O/c14-11-6-10(7-12(15)8-11)5-9-1-3-13(16)4-2-9/h1-4,6-8,16H,5H2. The van der Waals surface area contributed by atoms with Crippen molar-refractivity contribution in [2.75, 3.05) is 0 Å². The van der Waals surface area contributed by atoms with Gasteiger partial charge in [-0.3, -0.25) is 0 Å². The van der Waals surface area contributed by atoms with E-state index in [2.05, 4.69) is 0 Å². The van der Waals surface area contributed by atoms with Gasteiger partial charge in [0.25, 0.3) is 0 Å². The lowest BCUT2D eigenvalue weighted by atomic mass is 10.0. The molecule has 3 heteroatoms. The van der Waals surface area contributed by atoms with E-state index in [4.69, 9.17) is 5.11 Å². The van der Waals surface area contributed by atoms with E-state index in [1.807, 2.05) is 0 Å². The number of phenolic OH excluding ortho intramolecular Hbond substituents is 1. The Bertz CT molecular complexity index is 472. The van der Waals surface area contributed by atoms with E-state index in [1.165, 1.54) is 12.1 Å². The molecule has 0 spiro atoms. The molecule has 0 aliphatic carbocycles. The molecule has 0 saturated carbocycles. The van der Waals surface area contributed by atoms with Crippen LogP contribution in [-0.4, -0.2) is 5.11 Å². The van der Waals surface area contributed by atoms with E-state index in [1.54, 1.807) is 24.3 Å². The molecule has 2 aromatic carbocycles. The van der Waals surface area contributed by atoms with Crippen LogP contribution in [0.15, 0.2) is 42.5 Å². The highest BCUT2D eigenvalue weighted by molar-refractivity contribution is 5.31. The lowest BCUT2D eigenvalue weighted by Gasteiger charge is -2.03. The zero-order chi connectivity index (χ0) is 11.5. The van der Waals surface area contributed by atoms with Gasteiger partial charge < -0.3 is 5.11 Å². The summed E-state index contributed by atoms with van der Waals surface area (Å²) in [5, 5.41) is 9.09. The third-order valence-corrected chi connectivity index (χ3v) is 2.27. The van der Waals surface area contributed by atoms with Gasteiger partial charge in [-0.05, 0) is 41.8 Å². The fraction of sp³-hybridized carbons (Fsp3) is 0.0769. The second-order valence-corrected chi connectivity index (χ2v) is 3.62. The average Bonchev–Trinajstić information content (AvgIpc) is 2.20. The van der Waals surface area contributed by atoms with Crippen molar-refractivity contribution >= 4 is 0 Å². The number of hydrogen-bond acceptors (Lipinski definition) is 1. The molecule has 2 rings (SSSR count). The summed E-state index contributed by atoms with van der Waals surface area (Å²) in [6.07, 6.45) is 0.439. The van der Waals surface area contributed by atoms with Gasteiger partial charge in [0.15, 0.2) is 0 Å². The maximum absolute atomic E-state index is 12.9. The second-order valence-electron chi connectivity index (χ2n) is 3.62. The van der Waals surface area contributed by atoms with Crippen molar-refractivity contribution in [1.29, 1.82) is 0 Å². The van der Waals surface area contributed by atoms with Gasteiger partial charge >= 0.3 is 0 Å². The summed E-state index contributed by atoms with van der Waals surface area (Å²) in [4.78, 5) is 0. The Morgan fingerprint density at radius 1 is 0.812 bits per heavy atom. The molecule has 0 aromatic heterocycles. The first kappa shape index (κ1) is 10.6. The molecule has 82 valence electrons. The molecule has 0 aliphatic rings. The zero-order valence-corrected chi connectivity index (χ0v) is 8.45. The largest absolute Gasteiger partial charge is 0.508 e. The van der Waals surface area contributed by atoms with E-state index in [-0.39, 0.29) is 5.75 Å². The van der Waals surface area contributed by atoms with Crippen LogP contribution in [-0.2, 0) is 6.42 Å². The summed E-state index contributed by atoms with van der Waals surface area (Å²) in [6, 6.07) is 9.98. The Balaban J connectivity index is 2.23. The highest BCUT2D eigenvalue weighted by Gasteiger charge is 2.02. The van der Waals surface area contributed by atoms with Crippen molar-refractivity contribution in [3.05, 3.63) is 65.2 Å². The highest BCUT2D eigenvalue weighted by atomic mass is 19.1. The van der Waals surface area contributed by atoms with Crippen molar-refractivity contribution in [2.24, 2.45) is 0 Å². The van der Waals surface area contributed by atoms with Crippen molar-refractivity contribution in [3.63, 3.8) is 0 Å². The van der Waals surface area contributed by atoms with Crippen LogP contribution in [0.4, 0.5) is 8.78 Å². The number of benzene rings is 2. The van der Waals surface area contributed by atoms with Gasteiger partial charge in [0, 0.05) is 6.07 Å². The average molecular weight is 220 g/mol. The normalized spacial score (nSPS) is 10.4. The fourth-order valence-corrected chi connectivity index (χ4v) is 1.56. The summed E-state index contributed by atoms with van der Waals surface area (Å²) < 4.78 is 25.8. The Morgan fingerprint density at radius 3 is 1.94 bits per heavy atom. The number of aromatic hydroxyl groups is 1. The molecule has 0 radical (unpaired) electrons. The Labute approximate surface area is 92.0 Å². The van der Waals surface area contributed by atoms with Gasteiger partial charge in [0.05, 0.1) is 0 Å². The van der Waals surface area contributed by atoms with Crippen molar-refractivity contribution < 1.29 is 13.9 Å². The number of rotatable bonds is 2. The number of halogens is 2. The maximum atomic E-state index is 12.9. The first-order chi connectivity index (χ1) is 7.63. The van der Waals surface area contributed by atoms with Gasteiger partial charge in [-0.15, -0.1) is 0 Å². The molecule has 0 unspecified atom stereocenters. The Morgan fingerprint density at radius 2 is 1.38 bits per heavy atom. The molecular formula is C13H10F2O. The Kier molecular flexibility index (Phi) is 2.86. The maximum Gasteiger partial charge on any atom is 0.126 e. The van der Waals surface area contributed by atoms with E-state index in [0.717, 1.165) is 11.6 Å². The Hall–Kier alpha value is -1.90. The molecule has 0 saturated heterocycles. The number of hydrogen-bond donors (Lipinski definition) is 1. The third kappa shape index (κ3) is 2.57. The van der Waals surface area contributed by atoms with E-state index >= 15 is 0 Å². The summed E-state index contributed by atoms with van der Waals surface area (Å²) in [5.74, 6) is -0.975.